The average Bonchev–Trinajstić information content (AvgIpc) is 2.90. The number of piperidine rings is 1. The second kappa shape index (κ2) is 6.82. The highest BCUT2D eigenvalue weighted by Crippen LogP contribution is 2.30. The number of likely N-dealkylation sites (tertiary alicyclic amines) is 1. The SMILES string of the molecule is CN1CCC(Nc2nc(N)c(C(=O)c3c(F)cccc3F)s2)CC1. The summed E-state index contributed by atoms with van der Waals surface area (Å²) in [5.41, 5.74) is 5.19. The summed E-state index contributed by atoms with van der Waals surface area (Å²) in [4.78, 5) is 18.9. The molecule has 8 heteroatoms. The van der Waals surface area contributed by atoms with E-state index >= 15 is 0 Å². The van der Waals surface area contributed by atoms with Crippen LogP contribution in [-0.2, 0) is 0 Å². The van der Waals surface area contributed by atoms with E-state index in [9.17, 15) is 13.6 Å². The van der Waals surface area contributed by atoms with Gasteiger partial charge in [-0.15, -0.1) is 0 Å². The Morgan fingerprint density at radius 1 is 1.33 bits per heavy atom. The van der Waals surface area contributed by atoms with E-state index < -0.39 is 23.0 Å². The van der Waals surface area contributed by atoms with Crippen LogP contribution in [-0.4, -0.2) is 41.8 Å². The Bertz CT molecular complexity index is 736. The second-order valence-corrected chi connectivity index (χ2v) is 6.88. The molecule has 0 atom stereocenters. The summed E-state index contributed by atoms with van der Waals surface area (Å²) in [5, 5.41) is 3.76. The number of carbonyl (C=O) groups excluding carboxylic acids is 1. The van der Waals surface area contributed by atoms with Crippen molar-refractivity contribution < 1.29 is 13.6 Å². The number of hydrogen-bond acceptors (Lipinski definition) is 6. The summed E-state index contributed by atoms with van der Waals surface area (Å²) >= 11 is 1.03. The van der Waals surface area contributed by atoms with Crippen LogP contribution in [0.2, 0.25) is 0 Å². The fraction of sp³-hybridized carbons (Fsp3) is 0.375. The molecule has 0 saturated carbocycles. The number of nitrogens with zero attached hydrogens (tertiary/aromatic N) is 2. The number of hydrogen-bond donors (Lipinski definition) is 2. The van der Waals surface area contributed by atoms with Crippen LogP contribution in [0, 0.1) is 11.6 Å². The number of thiazole rings is 1. The lowest BCUT2D eigenvalue weighted by Crippen LogP contribution is -2.36. The fourth-order valence-corrected chi connectivity index (χ4v) is 3.62. The van der Waals surface area contributed by atoms with Crippen molar-refractivity contribution in [2.75, 3.05) is 31.2 Å². The number of benzene rings is 1. The zero-order valence-electron chi connectivity index (χ0n) is 13.2. The van der Waals surface area contributed by atoms with Crippen LogP contribution in [0.15, 0.2) is 18.2 Å². The zero-order valence-corrected chi connectivity index (χ0v) is 14.0. The minimum atomic E-state index is -0.905. The highest BCUT2D eigenvalue weighted by molar-refractivity contribution is 7.18. The van der Waals surface area contributed by atoms with Crippen molar-refractivity contribution in [3.8, 4) is 0 Å². The third-order valence-electron chi connectivity index (χ3n) is 4.10. The maximum Gasteiger partial charge on any atom is 0.212 e. The molecule has 0 aliphatic carbocycles. The van der Waals surface area contributed by atoms with E-state index in [1.54, 1.807) is 0 Å². The van der Waals surface area contributed by atoms with Gasteiger partial charge in [0.05, 0.1) is 5.56 Å². The Morgan fingerprint density at radius 2 is 1.96 bits per heavy atom. The number of ketones is 1. The molecule has 3 N–H and O–H groups in total. The lowest BCUT2D eigenvalue weighted by atomic mass is 10.1. The van der Waals surface area contributed by atoms with Gasteiger partial charge in [0.1, 0.15) is 22.3 Å². The molecule has 1 aliphatic rings. The van der Waals surface area contributed by atoms with Crippen molar-refractivity contribution >= 4 is 28.1 Å². The second-order valence-electron chi connectivity index (χ2n) is 5.88. The molecule has 1 aromatic carbocycles. The van der Waals surface area contributed by atoms with Crippen LogP contribution in [0.5, 0.6) is 0 Å². The molecule has 1 saturated heterocycles. The predicted molar refractivity (Wildman–Crippen MR) is 90.5 cm³/mol. The Morgan fingerprint density at radius 3 is 2.58 bits per heavy atom. The highest BCUT2D eigenvalue weighted by Gasteiger charge is 2.25. The molecular formula is C16H18F2N4OS. The van der Waals surface area contributed by atoms with E-state index in [-0.39, 0.29) is 16.7 Å². The van der Waals surface area contributed by atoms with Crippen molar-refractivity contribution in [3.63, 3.8) is 0 Å². The minimum absolute atomic E-state index is 0.0110. The third-order valence-corrected chi connectivity index (χ3v) is 5.10. The molecule has 0 spiro atoms. The number of anilines is 2. The van der Waals surface area contributed by atoms with Gasteiger partial charge in [-0.1, -0.05) is 17.4 Å². The van der Waals surface area contributed by atoms with Crippen molar-refractivity contribution in [3.05, 3.63) is 40.3 Å². The molecule has 0 radical (unpaired) electrons. The molecule has 2 heterocycles. The molecule has 3 rings (SSSR count). The van der Waals surface area contributed by atoms with E-state index in [2.05, 4.69) is 22.2 Å². The van der Waals surface area contributed by atoms with Gasteiger partial charge in [-0.25, -0.2) is 13.8 Å². The Balaban J connectivity index is 1.80. The van der Waals surface area contributed by atoms with Gasteiger partial charge in [0.25, 0.3) is 0 Å². The molecule has 1 aliphatic heterocycles. The Hall–Kier alpha value is -2.06. The number of nitrogens with two attached hydrogens (primary N) is 1. The predicted octanol–water partition coefficient (Wildman–Crippen LogP) is 2.74. The van der Waals surface area contributed by atoms with Crippen molar-refractivity contribution in [2.24, 2.45) is 0 Å². The van der Waals surface area contributed by atoms with Gasteiger partial charge in [0.2, 0.25) is 5.78 Å². The maximum absolute atomic E-state index is 13.8. The van der Waals surface area contributed by atoms with Crippen molar-refractivity contribution in [1.82, 2.24) is 9.88 Å². The molecule has 128 valence electrons. The summed E-state index contributed by atoms with van der Waals surface area (Å²) < 4.78 is 27.6. The average molecular weight is 352 g/mol. The summed E-state index contributed by atoms with van der Waals surface area (Å²) in [5.74, 6) is -2.60. The molecular weight excluding hydrogens is 334 g/mol. The van der Waals surface area contributed by atoms with E-state index in [0.29, 0.717) is 5.13 Å². The van der Waals surface area contributed by atoms with Gasteiger partial charge in [-0.2, -0.15) is 0 Å². The van der Waals surface area contributed by atoms with Crippen LogP contribution in [0.3, 0.4) is 0 Å². The monoisotopic (exact) mass is 352 g/mol. The summed E-state index contributed by atoms with van der Waals surface area (Å²) in [7, 11) is 2.07. The van der Waals surface area contributed by atoms with Gasteiger partial charge >= 0.3 is 0 Å². The van der Waals surface area contributed by atoms with E-state index in [0.717, 1.165) is 49.4 Å². The van der Waals surface area contributed by atoms with Crippen LogP contribution < -0.4 is 11.1 Å². The highest BCUT2D eigenvalue weighted by atomic mass is 32.1. The van der Waals surface area contributed by atoms with E-state index in [1.807, 2.05) is 0 Å². The first-order valence-electron chi connectivity index (χ1n) is 7.66. The number of nitrogens with one attached hydrogen (secondary N) is 1. The number of rotatable bonds is 4. The summed E-state index contributed by atoms with van der Waals surface area (Å²) in [6.07, 6.45) is 1.92. The lowest BCUT2D eigenvalue weighted by Gasteiger charge is -2.29. The quantitative estimate of drug-likeness (QED) is 0.828. The van der Waals surface area contributed by atoms with Gasteiger partial charge in [-0.3, -0.25) is 4.79 Å². The number of carbonyl (C=O) groups is 1. The van der Waals surface area contributed by atoms with Gasteiger partial charge < -0.3 is 16.0 Å². The first kappa shape index (κ1) is 16.8. The van der Waals surface area contributed by atoms with Crippen molar-refractivity contribution in [2.45, 2.75) is 18.9 Å². The summed E-state index contributed by atoms with van der Waals surface area (Å²) in [6, 6.07) is 3.56. The Labute approximate surface area is 142 Å². The fourth-order valence-electron chi connectivity index (χ4n) is 2.71. The summed E-state index contributed by atoms with van der Waals surface area (Å²) in [6.45, 7) is 1.95. The first-order valence-corrected chi connectivity index (χ1v) is 8.47. The smallest absolute Gasteiger partial charge is 0.212 e. The number of nitrogen functional groups attached to an aromatic ring is 1. The van der Waals surface area contributed by atoms with Gasteiger partial charge in [0.15, 0.2) is 5.13 Å². The molecule has 1 fully saturated rings. The molecule has 24 heavy (non-hydrogen) atoms. The van der Waals surface area contributed by atoms with E-state index in [4.69, 9.17) is 5.73 Å². The lowest BCUT2D eigenvalue weighted by molar-refractivity contribution is 0.103. The maximum atomic E-state index is 13.8. The largest absolute Gasteiger partial charge is 0.382 e. The molecule has 0 amide bonds. The van der Waals surface area contributed by atoms with Crippen LogP contribution in [0.25, 0.3) is 0 Å². The van der Waals surface area contributed by atoms with Crippen LogP contribution in [0.1, 0.15) is 28.1 Å². The zero-order chi connectivity index (χ0) is 17.3. The minimum Gasteiger partial charge on any atom is -0.382 e. The normalized spacial score (nSPS) is 16.3. The van der Waals surface area contributed by atoms with Gasteiger partial charge in [0, 0.05) is 6.04 Å². The molecule has 0 unspecified atom stereocenters. The molecule has 5 nitrogen and oxygen atoms in total. The molecule has 2 aromatic rings. The molecule has 0 bridgehead atoms. The topological polar surface area (TPSA) is 71.2 Å². The number of aromatic nitrogens is 1. The van der Waals surface area contributed by atoms with Gasteiger partial charge in [-0.05, 0) is 45.1 Å². The Kier molecular flexibility index (Phi) is 4.77. The van der Waals surface area contributed by atoms with Crippen molar-refractivity contribution in [1.29, 1.82) is 0 Å². The first-order chi connectivity index (χ1) is 11.5. The third kappa shape index (κ3) is 3.39. The molecule has 1 aromatic heterocycles. The van der Waals surface area contributed by atoms with Crippen LogP contribution >= 0.6 is 11.3 Å². The van der Waals surface area contributed by atoms with Crippen LogP contribution in [0.4, 0.5) is 19.7 Å². The standard InChI is InChI=1S/C16H18F2N4OS/c1-22-7-5-9(6-8-22)20-16-21-15(19)14(24-16)13(23)12-10(17)3-2-4-11(12)18/h2-4,9H,5-8,19H2,1H3,(H,20,21). The number of halogens is 2. The van der Waals surface area contributed by atoms with E-state index in [1.165, 1.54) is 6.07 Å².